The van der Waals surface area contributed by atoms with Crippen LogP contribution >= 0.6 is 15.9 Å². The fraction of sp³-hybridized carbons (Fsp3) is 0.154. The van der Waals surface area contributed by atoms with Gasteiger partial charge in [-0.2, -0.15) is 0 Å². The summed E-state index contributed by atoms with van der Waals surface area (Å²) < 4.78 is 0. The first-order valence-corrected chi connectivity index (χ1v) is 5.84. The van der Waals surface area contributed by atoms with Gasteiger partial charge >= 0.3 is 0 Å². The molecular formula is C13H12BrN. The second-order valence-corrected chi connectivity index (χ2v) is 4.93. The highest BCUT2D eigenvalue weighted by Gasteiger charge is 1.97. The van der Waals surface area contributed by atoms with E-state index in [0.717, 1.165) is 0 Å². The van der Waals surface area contributed by atoms with E-state index in [9.17, 15) is 0 Å². The third kappa shape index (κ3) is 2.45. The summed E-state index contributed by atoms with van der Waals surface area (Å²) in [6.45, 7) is 2.09. The molecule has 2 aromatic rings. The monoisotopic (exact) mass is 261 g/mol. The van der Waals surface area contributed by atoms with Crippen molar-refractivity contribution in [2.75, 3.05) is 0 Å². The van der Waals surface area contributed by atoms with Gasteiger partial charge in [-0.25, -0.2) is 0 Å². The van der Waals surface area contributed by atoms with Crippen LogP contribution < -0.4 is 0 Å². The Hall–Kier alpha value is -1.15. The van der Waals surface area contributed by atoms with Crippen molar-refractivity contribution in [1.29, 1.82) is 0 Å². The van der Waals surface area contributed by atoms with Gasteiger partial charge in [-0.15, -0.1) is 0 Å². The van der Waals surface area contributed by atoms with E-state index in [2.05, 4.69) is 58.2 Å². The fourth-order valence-electron chi connectivity index (χ4n) is 1.51. The highest BCUT2D eigenvalue weighted by molar-refractivity contribution is 9.09. The molecule has 2 rings (SSSR count). The van der Waals surface area contributed by atoms with E-state index >= 15 is 0 Å². The van der Waals surface area contributed by atoms with E-state index in [1.165, 1.54) is 16.3 Å². The molecule has 0 bridgehead atoms. The molecule has 0 amide bonds. The van der Waals surface area contributed by atoms with Crippen LogP contribution in [0.2, 0.25) is 0 Å². The smallest absolute Gasteiger partial charge is 0.0346 e. The van der Waals surface area contributed by atoms with Gasteiger partial charge in [0.15, 0.2) is 0 Å². The van der Waals surface area contributed by atoms with Gasteiger partial charge in [0, 0.05) is 28.2 Å². The van der Waals surface area contributed by atoms with E-state index in [1.54, 1.807) is 0 Å². The molecule has 76 valence electrons. The second kappa shape index (κ2) is 4.58. The lowest BCUT2D eigenvalue weighted by Crippen LogP contribution is -1.83. The quantitative estimate of drug-likeness (QED) is 0.744. The Labute approximate surface area is 98.0 Å². The zero-order chi connectivity index (χ0) is 10.7. The zero-order valence-corrected chi connectivity index (χ0v) is 10.1. The minimum absolute atomic E-state index is 0.386. The number of benzene rings is 1. The van der Waals surface area contributed by atoms with Crippen LogP contribution in [0.4, 0.5) is 0 Å². The molecule has 15 heavy (non-hydrogen) atoms. The summed E-state index contributed by atoms with van der Waals surface area (Å²) in [4.78, 5) is 4.61. The van der Waals surface area contributed by atoms with Gasteiger partial charge in [-0.05, 0) is 12.3 Å². The van der Waals surface area contributed by atoms with Crippen LogP contribution in [0.5, 0.6) is 0 Å². The summed E-state index contributed by atoms with van der Waals surface area (Å²) in [5, 5.41) is 2.43. The Morgan fingerprint density at radius 3 is 2.87 bits per heavy atom. The molecule has 0 fully saturated rings. The van der Waals surface area contributed by atoms with Gasteiger partial charge < -0.3 is 0 Å². The molecule has 1 heterocycles. The van der Waals surface area contributed by atoms with E-state index in [1.807, 2.05) is 18.5 Å². The standard InChI is InChI=1S/C13H12BrN/c1-10(14)6-7-12-9-15-8-11-4-2-3-5-13(11)12/h2-10H,1H3/b7-6+. The summed E-state index contributed by atoms with van der Waals surface area (Å²) in [7, 11) is 0. The first kappa shape index (κ1) is 10.4. The van der Waals surface area contributed by atoms with Crippen LogP contribution in [0, 0.1) is 0 Å². The molecule has 0 spiro atoms. The average Bonchev–Trinajstić information content (AvgIpc) is 2.26. The third-order valence-electron chi connectivity index (χ3n) is 2.24. The largest absolute Gasteiger partial charge is 0.263 e. The van der Waals surface area contributed by atoms with Gasteiger partial charge in [0.2, 0.25) is 0 Å². The van der Waals surface area contributed by atoms with Crippen LogP contribution in [0.1, 0.15) is 12.5 Å². The van der Waals surface area contributed by atoms with Gasteiger partial charge in [0.1, 0.15) is 0 Å². The van der Waals surface area contributed by atoms with E-state index < -0.39 is 0 Å². The number of fused-ring (bicyclic) bond motifs is 1. The lowest BCUT2D eigenvalue weighted by Gasteiger charge is -2.01. The fourth-order valence-corrected chi connectivity index (χ4v) is 1.66. The van der Waals surface area contributed by atoms with Crippen molar-refractivity contribution < 1.29 is 0 Å². The number of rotatable bonds is 2. The summed E-state index contributed by atoms with van der Waals surface area (Å²) in [5.74, 6) is 0. The molecule has 1 atom stereocenters. The molecule has 1 nitrogen and oxygen atoms in total. The first-order valence-electron chi connectivity index (χ1n) is 4.92. The van der Waals surface area contributed by atoms with Crippen molar-refractivity contribution in [2.45, 2.75) is 11.8 Å². The van der Waals surface area contributed by atoms with Crippen molar-refractivity contribution >= 4 is 32.8 Å². The number of pyridine rings is 1. The maximum Gasteiger partial charge on any atom is 0.0346 e. The number of hydrogen-bond donors (Lipinski definition) is 0. The van der Waals surface area contributed by atoms with Crippen molar-refractivity contribution in [1.82, 2.24) is 4.98 Å². The predicted molar refractivity (Wildman–Crippen MR) is 69.2 cm³/mol. The number of aromatic nitrogens is 1. The molecule has 0 N–H and O–H groups in total. The van der Waals surface area contributed by atoms with Crippen LogP contribution in [0.25, 0.3) is 16.8 Å². The highest BCUT2D eigenvalue weighted by Crippen LogP contribution is 2.18. The van der Waals surface area contributed by atoms with Crippen molar-refractivity contribution in [2.24, 2.45) is 0 Å². The normalized spacial score (nSPS) is 13.5. The SMILES string of the molecule is CC(Br)/C=C/c1cncc2ccccc12. The van der Waals surface area contributed by atoms with Crippen LogP contribution in [0.3, 0.4) is 0 Å². The molecule has 2 heteroatoms. The Morgan fingerprint density at radius 1 is 1.27 bits per heavy atom. The third-order valence-corrected chi connectivity index (χ3v) is 2.55. The summed E-state index contributed by atoms with van der Waals surface area (Å²) >= 11 is 3.49. The zero-order valence-electron chi connectivity index (χ0n) is 8.52. The van der Waals surface area contributed by atoms with Crippen LogP contribution in [0.15, 0.2) is 42.7 Å². The Bertz CT molecular complexity index is 483. The van der Waals surface area contributed by atoms with Crippen LogP contribution in [-0.4, -0.2) is 9.81 Å². The number of alkyl halides is 1. The number of nitrogens with zero attached hydrogens (tertiary/aromatic N) is 1. The maximum absolute atomic E-state index is 4.22. The van der Waals surface area contributed by atoms with Crippen molar-refractivity contribution in [3.05, 3.63) is 48.3 Å². The van der Waals surface area contributed by atoms with Gasteiger partial charge in [-0.3, -0.25) is 4.98 Å². The summed E-state index contributed by atoms with van der Waals surface area (Å²) in [6.07, 6.45) is 8.01. The number of hydrogen-bond acceptors (Lipinski definition) is 1. The molecule has 0 saturated heterocycles. The molecule has 0 aliphatic heterocycles. The lowest BCUT2D eigenvalue weighted by molar-refractivity contribution is 1.28. The van der Waals surface area contributed by atoms with Gasteiger partial charge in [0.05, 0.1) is 0 Å². The van der Waals surface area contributed by atoms with Crippen molar-refractivity contribution in [3.8, 4) is 0 Å². The molecule has 0 aliphatic carbocycles. The van der Waals surface area contributed by atoms with Crippen LogP contribution in [-0.2, 0) is 0 Å². The predicted octanol–water partition coefficient (Wildman–Crippen LogP) is 4.03. The van der Waals surface area contributed by atoms with Gasteiger partial charge in [0.25, 0.3) is 0 Å². The van der Waals surface area contributed by atoms with Crippen molar-refractivity contribution in [3.63, 3.8) is 0 Å². The molecular weight excluding hydrogens is 250 g/mol. The number of allylic oxidation sites excluding steroid dienone is 1. The van der Waals surface area contributed by atoms with E-state index in [0.29, 0.717) is 4.83 Å². The van der Waals surface area contributed by atoms with E-state index in [4.69, 9.17) is 0 Å². The molecule has 1 aromatic carbocycles. The summed E-state index contributed by atoms with van der Waals surface area (Å²) in [5.41, 5.74) is 1.17. The molecule has 0 radical (unpaired) electrons. The summed E-state index contributed by atoms with van der Waals surface area (Å²) in [6, 6.07) is 8.29. The Kier molecular flexibility index (Phi) is 3.17. The molecule has 1 aromatic heterocycles. The Balaban J connectivity index is 2.51. The minimum atomic E-state index is 0.386. The minimum Gasteiger partial charge on any atom is -0.263 e. The average molecular weight is 262 g/mol. The number of halogens is 1. The Morgan fingerprint density at radius 2 is 2.07 bits per heavy atom. The topological polar surface area (TPSA) is 12.9 Å². The first-order chi connectivity index (χ1) is 7.27. The van der Waals surface area contributed by atoms with Gasteiger partial charge in [-0.1, -0.05) is 52.3 Å². The lowest BCUT2D eigenvalue weighted by atomic mass is 10.1. The molecule has 0 aliphatic rings. The van der Waals surface area contributed by atoms with E-state index in [-0.39, 0.29) is 0 Å². The maximum atomic E-state index is 4.22. The second-order valence-electron chi connectivity index (χ2n) is 3.49. The molecule has 1 unspecified atom stereocenters. The highest BCUT2D eigenvalue weighted by atomic mass is 79.9. The molecule has 0 saturated carbocycles.